The van der Waals surface area contributed by atoms with Crippen LogP contribution in [0.5, 0.6) is 0 Å². The zero-order valence-electron chi connectivity index (χ0n) is 26.9. The van der Waals surface area contributed by atoms with E-state index >= 15 is 0 Å². The highest BCUT2D eigenvalue weighted by Crippen LogP contribution is 2.39. The summed E-state index contributed by atoms with van der Waals surface area (Å²) in [5, 5.41) is 12.7. The van der Waals surface area contributed by atoms with Crippen molar-refractivity contribution in [2.45, 2.75) is 6.92 Å². The van der Waals surface area contributed by atoms with Crippen LogP contribution in [0.3, 0.4) is 0 Å². The number of nitrogens with zero attached hydrogens (tertiary/aromatic N) is 4. The summed E-state index contributed by atoms with van der Waals surface area (Å²) in [5.74, 6) is 0. The van der Waals surface area contributed by atoms with Gasteiger partial charge in [-0.15, -0.1) is 0 Å². The van der Waals surface area contributed by atoms with Crippen molar-refractivity contribution in [3.8, 4) is 11.4 Å². The fourth-order valence-electron chi connectivity index (χ4n) is 8.05. The SMILES string of the molecule is C=CC=c1c(=CC)n(-c2cccc3ccc4cccnc4c23)c2cc3c(cc12)c1ccccc1n3-c1cccc2ccc3cccnc3c12. The van der Waals surface area contributed by atoms with Gasteiger partial charge in [-0.25, -0.2) is 0 Å². The molecule has 0 bridgehead atoms. The molecule has 0 saturated heterocycles. The third kappa shape index (κ3) is 3.86. The first-order chi connectivity index (χ1) is 24.2. The van der Waals surface area contributed by atoms with E-state index in [1.165, 1.54) is 21.5 Å². The van der Waals surface area contributed by atoms with Crippen LogP contribution in [0.2, 0.25) is 0 Å². The second kappa shape index (κ2) is 10.5. The van der Waals surface area contributed by atoms with E-state index in [9.17, 15) is 0 Å². The van der Waals surface area contributed by atoms with Crippen molar-refractivity contribution in [1.82, 2.24) is 19.1 Å². The molecule has 0 amide bonds. The highest BCUT2D eigenvalue weighted by Gasteiger charge is 2.20. The lowest BCUT2D eigenvalue weighted by Crippen LogP contribution is -2.28. The lowest BCUT2D eigenvalue weighted by molar-refractivity contribution is 1.08. The van der Waals surface area contributed by atoms with E-state index in [4.69, 9.17) is 9.97 Å². The quantitative estimate of drug-likeness (QED) is 0.183. The number of para-hydroxylation sites is 1. The Labute approximate surface area is 281 Å². The molecule has 0 fully saturated rings. The maximum absolute atomic E-state index is 4.90. The minimum absolute atomic E-state index is 0.999. The lowest BCUT2D eigenvalue weighted by Gasteiger charge is -2.14. The molecule has 4 nitrogen and oxygen atoms in total. The Bertz CT molecular complexity index is 3140. The molecule has 0 saturated carbocycles. The minimum atomic E-state index is 0.999. The van der Waals surface area contributed by atoms with Gasteiger partial charge in [0.25, 0.3) is 0 Å². The fourth-order valence-corrected chi connectivity index (χ4v) is 8.05. The summed E-state index contributed by atoms with van der Waals surface area (Å²) < 4.78 is 4.85. The van der Waals surface area contributed by atoms with Crippen molar-refractivity contribution >= 4 is 88.2 Å². The summed E-state index contributed by atoms with van der Waals surface area (Å²) >= 11 is 0. The van der Waals surface area contributed by atoms with E-state index in [1.54, 1.807) is 0 Å². The molecule has 0 aliphatic carbocycles. The van der Waals surface area contributed by atoms with Crippen LogP contribution in [0, 0.1) is 0 Å². The van der Waals surface area contributed by atoms with Gasteiger partial charge in [-0.3, -0.25) is 9.97 Å². The Balaban J connectivity index is 1.42. The molecule has 0 N–H and O–H groups in total. The van der Waals surface area contributed by atoms with Gasteiger partial charge < -0.3 is 9.13 Å². The monoisotopic (exact) mass is 626 g/mol. The average molecular weight is 627 g/mol. The molecule has 10 aromatic rings. The van der Waals surface area contributed by atoms with Crippen LogP contribution in [0.1, 0.15) is 6.92 Å². The minimum Gasteiger partial charge on any atom is -0.309 e. The molecule has 0 spiro atoms. The smallest absolute Gasteiger partial charge is 0.0801 e. The molecule has 0 radical (unpaired) electrons. The molecule has 4 aromatic heterocycles. The number of rotatable bonds is 3. The number of pyridine rings is 2. The van der Waals surface area contributed by atoms with Crippen LogP contribution >= 0.6 is 0 Å². The van der Waals surface area contributed by atoms with E-state index in [2.05, 4.69) is 144 Å². The summed E-state index contributed by atoms with van der Waals surface area (Å²) in [5.41, 5.74) is 7.65. The molecule has 0 unspecified atom stereocenters. The normalized spacial score (nSPS) is 12.9. The molecule has 4 heterocycles. The highest BCUT2D eigenvalue weighted by atomic mass is 15.0. The molecule has 0 aliphatic heterocycles. The third-order valence-electron chi connectivity index (χ3n) is 10.1. The summed E-state index contributed by atoms with van der Waals surface area (Å²) in [6, 6.07) is 43.7. The Morgan fingerprint density at radius 3 is 1.78 bits per heavy atom. The second-order valence-electron chi connectivity index (χ2n) is 12.6. The first kappa shape index (κ1) is 27.6. The second-order valence-corrected chi connectivity index (χ2v) is 12.6. The van der Waals surface area contributed by atoms with Crippen LogP contribution in [0.4, 0.5) is 0 Å². The van der Waals surface area contributed by atoms with Gasteiger partial charge in [0.1, 0.15) is 0 Å². The van der Waals surface area contributed by atoms with Gasteiger partial charge in [0, 0.05) is 60.7 Å². The van der Waals surface area contributed by atoms with Gasteiger partial charge in [0.05, 0.1) is 39.0 Å². The predicted molar refractivity (Wildman–Crippen MR) is 207 cm³/mol. The fraction of sp³-hybridized carbons (Fsp3) is 0.0222. The summed E-state index contributed by atoms with van der Waals surface area (Å²) in [4.78, 5) is 9.81. The largest absolute Gasteiger partial charge is 0.309 e. The number of aromatic nitrogens is 4. The molecule has 0 aliphatic rings. The Hall–Kier alpha value is -6.52. The van der Waals surface area contributed by atoms with Gasteiger partial charge in [-0.05, 0) is 60.2 Å². The molecular weight excluding hydrogens is 597 g/mol. The van der Waals surface area contributed by atoms with E-state index in [0.717, 1.165) is 76.5 Å². The molecule has 6 aromatic carbocycles. The summed E-state index contributed by atoms with van der Waals surface area (Å²) in [6.45, 7) is 6.24. The first-order valence-electron chi connectivity index (χ1n) is 16.7. The maximum Gasteiger partial charge on any atom is 0.0801 e. The number of hydrogen-bond acceptors (Lipinski definition) is 2. The molecular formula is C45H30N4. The zero-order valence-corrected chi connectivity index (χ0v) is 26.9. The highest BCUT2D eigenvalue weighted by molar-refractivity contribution is 6.17. The third-order valence-corrected chi connectivity index (χ3v) is 10.1. The topological polar surface area (TPSA) is 35.6 Å². The maximum atomic E-state index is 4.90. The van der Waals surface area contributed by atoms with Gasteiger partial charge in [-0.2, -0.15) is 0 Å². The van der Waals surface area contributed by atoms with Crippen molar-refractivity contribution in [3.05, 3.63) is 157 Å². The van der Waals surface area contributed by atoms with Crippen molar-refractivity contribution in [2.75, 3.05) is 0 Å². The Kier molecular flexibility index (Phi) is 5.91. The van der Waals surface area contributed by atoms with Gasteiger partial charge in [0.2, 0.25) is 0 Å². The lowest BCUT2D eigenvalue weighted by atomic mass is 10.0. The van der Waals surface area contributed by atoms with Crippen molar-refractivity contribution in [2.24, 2.45) is 0 Å². The molecule has 0 atom stereocenters. The molecule has 4 heteroatoms. The van der Waals surface area contributed by atoms with Crippen LogP contribution in [0.15, 0.2) is 146 Å². The standard InChI is InChI=1S/C45H30N4/c1-3-11-32-34-26-35-33-16-5-6-17-37(33)49(39-19-8-13-29-21-23-31-15-10-25-47-45(31)43(29)39)41(35)27-40(34)48(36(32)4-2)38-18-7-12-28-20-22-30-14-9-24-46-44(30)42(28)38/h3-27H,1H2,2H3. The van der Waals surface area contributed by atoms with E-state index in [-0.39, 0.29) is 0 Å². The van der Waals surface area contributed by atoms with Crippen LogP contribution in [-0.2, 0) is 0 Å². The molecule has 49 heavy (non-hydrogen) atoms. The van der Waals surface area contributed by atoms with Crippen molar-refractivity contribution in [1.29, 1.82) is 0 Å². The summed E-state index contributed by atoms with van der Waals surface area (Å²) in [7, 11) is 0. The van der Waals surface area contributed by atoms with Crippen molar-refractivity contribution in [3.63, 3.8) is 0 Å². The van der Waals surface area contributed by atoms with Gasteiger partial charge in [-0.1, -0.05) is 104 Å². The van der Waals surface area contributed by atoms with Crippen LogP contribution < -0.4 is 10.6 Å². The number of fused-ring (bicyclic) bond motifs is 10. The number of hydrogen-bond donors (Lipinski definition) is 0. The zero-order chi connectivity index (χ0) is 32.6. The van der Waals surface area contributed by atoms with E-state index < -0.39 is 0 Å². The average Bonchev–Trinajstić information content (AvgIpc) is 3.64. The van der Waals surface area contributed by atoms with Crippen molar-refractivity contribution < 1.29 is 0 Å². The summed E-state index contributed by atoms with van der Waals surface area (Å²) in [6.07, 6.45) is 10.0. The van der Waals surface area contributed by atoms with Gasteiger partial charge >= 0.3 is 0 Å². The number of allylic oxidation sites excluding steroid dienone is 1. The van der Waals surface area contributed by atoms with E-state index in [0.29, 0.717) is 0 Å². The first-order valence-corrected chi connectivity index (χ1v) is 16.7. The Morgan fingerprint density at radius 1 is 0.531 bits per heavy atom. The predicted octanol–water partition coefficient (Wildman–Crippen LogP) is 9.90. The number of benzene rings is 6. The van der Waals surface area contributed by atoms with Crippen LogP contribution in [0.25, 0.3) is 99.6 Å². The Morgan fingerprint density at radius 2 is 1.12 bits per heavy atom. The molecule has 230 valence electrons. The van der Waals surface area contributed by atoms with Crippen LogP contribution in [-0.4, -0.2) is 19.1 Å². The molecule has 10 rings (SSSR count). The van der Waals surface area contributed by atoms with Gasteiger partial charge in [0.15, 0.2) is 0 Å². The van der Waals surface area contributed by atoms with E-state index in [1.807, 2.05) is 30.6 Å².